The minimum Gasteiger partial charge on any atom is -0.339 e. The second-order valence-corrected chi connectivity index (χ2v) is 2.20. The molecule has 0 saturated heterocycles. The summed E-state index contributed by atoms with van der Waals surface area (Å²) in [6.07, 6.45) is 4.13. The average Bonchev–Trinajstić information content (AvgIpc) is 2.38. The van der Waals surface area contributed by atoms with E-state index >= 15 is 0 Å². The average molecular weight is 138 g/mol. The quantitative estimate of drug-likeness (QED) is 0.597. The highest BCUT2D eigenvalue weighted by Crippen LogP contribution is 2.14. The van der Waals surface area contributed by atoms with Crippen molar-refractivity contribution < 1.29 is 4.52 Å². The molecule has 10 heavy (non-hydrogen) atoms. The highest BCUT2D eigenvalue weighted by Gasteiger charge is 2.07. The molecule has 1 aromatic heterocycles. The van der Waals surface area contributed by atoms with Crippen molar-refractivity contribution in [3.05, 3.63) is 24.9 Å². The summed E-state index contributed by atoms with van der Waals surface area (Å²) in [5.74, 6) is 0.972. The van der Waals surface area contributed by atoms with Crippen molar-refractivity contribution in [2.24, 2.45) is 0 Å². The maximum Gasteiger partial charge on any atom is 0.229 e. The molecule has 3 nitrogen and oxygen atoms in total. The first-order valence-corrected chi connectivity index (χ1v) is 3.22. The van der Waals surface area contributed by atoms with Crippen LogP contribution in [0.1, 0.15) is 25.2 Å². The largest absolute Gasteiger partial charge is 0.339 e. The molecule has 54 valence electrons. The molecule has 1 atom stereocenters. The molecule has 0 aromatic carbocycles. The first-order valence-electron chi connectivity index (χ1n) is 3.22. The Balaban J connectivity index is 2.58. The Labute approximate surface area is 59.8 Å². The van der Waals surface area contributed by atoms with E-state index in [1.165, 1.54) is 6.33 Å². The van der Waals surface area contributed by atoms with Crippen LogP contribution in [-0.4, -0.2) is 10.1 Å². The van der Waals surface area contributed by atoms with Crippen LogP contribution < -0.4 is 0 Å². The molecule has 0 bridgehead atoms. The summed E-state index contributed by atoms with van der Waals surface area (Å²) in [5, 5.41) is 3.51. The number of allylic oxidation sites excluding steroid dienone is 1. The van der Waals surface area contributed by atoms with E-state index in [9.17, 15) is 0 Å². The zero-order chi connectivity index (χ0) is 7.40. The second-order valence-electron chi connectivity index (χ2n) is 2.20. The third kappa shape index (κ3) is 1.43. The molecule has 1 heterocycles. The lowest BCUT2D eigenvalue weighted by atomic mass is 10.1. The van der Waals surface area contributed by atoms with E-state index < -0.39 is 0 Å². The van der Waals surface area contributed by atoms with E-state index in [4.69, 9.17) is 4.52 Å². The minimum absolute atomic E-state index is 0.292. The highest BCUT2D eigenvalue weighted by molar-refractivity contribution is 4.89. The van der Waals surface area contributed by atoms with Gasteiger partial charge in [-0.25, -0.2) is 0 Å². The predicted octanol–water partition coefficient (Wildman–Crippen LogP) is 1.75. The lowest BCUT2D eigenvalue weighted by Gasteiger charge is -1.98. The van der Waals surface area contributed by atoms with Gasteiger partial charge in [0.25, 0.3) is 0 Å². The third-order valence-electron chi connectivity index (χ3n) is 1.32. The predicted molar refractivity (Wildman–Crippen MR) is 37.5 cm³/mol. The first kappa shape index (κ1) is 6.99. The Morgan fingerprint density at radius 1 is 1.90 bits per heavy atom. The summed E-state index contributed by atoms with van der Waals surface area (Å²) in [6.45, 7) is 5.64. The van der Waals surface area contributed by atoms with Crippen LogP contribution >= 0.6 is 0 Å². The van der Waals surface area contributed by atoms with Gasteiger partial charge in [0.05, 0.1) is 0 Å². The Morgan fingerprint density at radius 3 is 3.20 bits per heavy atom. The Bertz CT molecular complexity index is 193. The smallest absolute Gasteiger partial charge is 0.229 e. The lowest BCUT2D eigenvalue weighted by Crippen LogP contribution is -1.90. The molecule has 1 unspecified atom stereocenters. The maximum absolute atomic E-state index is 4.84. The maximum atomic E-state index is 4.84. The van der Waals surface area contributed by atoms with Gasteiger partial charge in [0.15, 0.2) is 6.33 Å². The van der Waals surface area contributed by atoms with Gasteiger partial charge < -0.3 is 4.52 Å². The molecule has 0 N–H and O–H groups in total. The molecule has 0 aliphatic carbocycles. The normalized spacial score (nSPS) is 12.9. The van der Waals surface area contributed by atoms with Gasteiger partial charge in [0.1, 0.15) is 0 Å². The number of rotatable bonds is 3. The van der Waals surface area contributed by atoms with Crippen molar-refractivity contribution in [3.8, 4) is 0 Å². The summed E-state index contributed by atoms with van der Waals surface area (Å²) >= 11 is 0. The Morgan fingerprint density at radius 2 is 2.70 bits per heavy atom. The molecule has 0 aliphatic rings. The van der Waals surface area contributed by atoms with Crippen LogP contribution in [0.25, 0.3) is 0 Å². The van der Waals surface area contributed by atoms with Gasteiger partial charge in [-0.15, -0.1) is 6.58 Å². The fraction of sp³-hybridized carbons (Fsp3) is 0.429. The van der Waals surface area contributed by atoms with Crippen molar-refractivity contribution in [2.75, 3.05) is 0 Å². The van der Waals surface area contributed by atoms with E-state index in [2.05, 4.69) is 16.7 Å². The number of aromatic nitrogens is 2. The van der Waals surface area contributed by atoms with Crippen molar-refractivity contribution >= 4 is 0 Å². The molecule has 0 fully saturated rings. The van der Waals surface area contributed by atoms with E-state index in [1.54, 1.807) is 0 Å². The van der Waals surface area contributed by atoms with Crippen LogP contribution in [0, 0.1) is 0 Å². The lowest BCUT2D eigenvalue weighted by molar-refractivity contribution is 0.359. The number of nitrogens with zero attached hydrogens (tertiary/aromatic N) is 2. The summed E-state index contributed by atoms with van der Waals surface area (Å²) in [6, 6.07) is 0. The SMILES string of the molecule is C=CCC(C)c1ncno1. The summed E-state index contributed by atoms with van der Waals surface area (Å²) in [4.78, 5) is 3.91. The topological polar surface area (TPSA) is 38.9 Å². The standard InChI is InChI=1S/C7H10N2O/c1-3-4-6(2)7-8-5-9-10-7/h3,5-6H,1,4H2,2H3. The molecular weight excluding hydrogens is 128 g/mol. The van der Waals surface area contributed by atoms with Crippen molar-refractivity contribution in [2.45, 2.75) is 19.3 Å². The van der Waals surface area contributed by atoms with Gasteiger partial charge in [0, 0.05) is 5.92 Å². The number of hydrogen-bond acceptors (Lipinski definition) is 3. The highest BCUT2D eigenvalue weighted by atomic mass is 16.5. The van der Waals surface area contributed by atoms with Crippen LogP contribution in [0.3, 0.4) is 0 Å². The molecule has 0 aliphatic heterocycles. The van der Waals surface area contributed by atoms with E-state index in [0.29, 0.717) is 11.8 Å². The van der Waals surface area contributed by atoms with Gasteiger partial charge in [-0.05, 0) is 6.42 Å². The molecule has 1 rings (SSSR count). The van der Waals surface area contributed by atoms with Crippen molar-refractivity contribution in [3.63, 3.8) is 0 Å². The molecular formula is C7H10N2O. The van der Waals surface area contributed by atoms with Crippen LogP contribution in [0.15, 0.2) is 23.5 Å². The van der Waals surface area contributed by atoms with E-state index in [-0.39, 0.29) is 0 Å². The fourth-order valence-electron chi connectivity index (χ4n) is 0.750. The molecule has 0 spiro atoms. The zero-order valence-corrected chi connectivity index (χ0v) is 5.95. The second kappa shape index (κ2) is 3.15. The van der Waals surface area contributed by atoms with Gasteiger partial charge in [-0.1, -0.05) is 18.2 Å². The van der Waals surface area contributed by atoms with E-state index in [1.807, 2.05) is 13.0 Å². The van der Waals surface area contributed by atoms with Crippen molar-refractivity contribution in [1.82, 2.24) is 10.1 Å². The summed E-state index contributed by atoms with van der Waals surface area (Å²) in [7, 11) is 0. The Kier molecular flexibility index (Phi) is 2.20. The van der Waals surface area contributed by atoms with Gasteiger partial charge in [-0.2, -0.15) is 4.98 Å². The fourth-order valence-corrected chi connectivity index (χ4v) is 0.750. The number of hydrogen-bond donors (Lipinski definition) is 0. The van der Waals surface area contributed by atoms with Crippen LogP contribution in [0.5, 0.6) is 0 Å². The Hall–Kier alpha value is -1.12. The molecule has 1 aromatic rings. The van der Waals surface area contributed by atoms with Crippen molar-refractivity contribution in [1.29, 1.82) is 0 Å². The monoisotopic (exact) mass is 138 g/mol. The van der Waals surface area contributed by atoms with Crippen LogP contribution in [0.2, 0.25) is 0 Å². The first-order chi connectivity index (χ1) is 4.84. The molecule has 3 heteroatoms. The third-order valence-corrected chi connectivity index (χ3v) is 1.32. The van der Waals surface area contributed by atoms with E-state index in [0.717, 1.165) is 6.42 Å². The van der Waals surface area contributed by atoms with Gasteiger partial charge in [-0.3, -0.25) is 0 Å². The molecule has 0 amide bonds. The van der Waals surface area contributed by atoms with Crippen LogP contribution in [0.4, 0.5) is 0 Å². The minimum atomic E-state index is 0.292. The summed E-state index contributed by atoms with van der Waals surface area (Å²) < 4.78 is 4.84. The van der Waals surface area contributed by atoms with Gasteiger partial charge in [0.2, 0.25) is 5.89 Å². The summed E-state index contributed by atoms with van der Waals surface area (Å²) in [5.41, 5.74) is 0. The zero-order valence-electron chi connectivity index (χ0n) is 5.95. The molecule has 0 radical (unpaired) electrons. The van der Waals surface area contributed by atoms with Gasteiger partial charge >= 0.3 is 0 Å². The molecule has 0 saturated carbocycles. The van der Waals surface area contributed by atoms with Crippen LogP contribution in [-0.2, 0) is 0 Å².